The van der Waals surface area contributed by atoms with Gasteiger partial charge in [0.2, 0.25) is 0 Å². The van der Waals surface area contributed by atoms with Crippen LogP contribution < -0.4 is 5.32 Å². The van der Waals surface area contributed by atoms with E-state index in [1.807, 2.05) is 13.8 Å². The zero-order chi connectivity index (χ0) is 12.3. The Labute approximate surface area is 99.4 Å². The number of quaternary nitrogens is 1. The van der Waals surface area contributed by atoms with Crippen molar-refractivity contribution in [1.29, 1.82) is 0 Å². The highest BCUT2D eigenvalue weighted by Gasteiger charge is 2.64. The van der Waals surface area contributed by atoms with E-state index in [-0.39, 0.29) is 28.6 Å². The molecule has 1 N–H and O–H groups in total. The molecule has 6 nitrogen and oxygen atoms in total. The van der Waals surface area contributed by atoms with E-state index in [4.69, 9.17) is 9.47 Å². The van der Waals surface area contributed by atoms with Crippen LogP contribution in [0.5, 0.6) is 0 Å². The van der Waals surface area contributed by atoms with Crippen LogP contribution in [0, 0.1) is 0 Å². The van der Waals surface area contributed by atoms with E-state index < -0.39 is 5.54 Å². The quantitative estimate of drug-likeness (QED) is 0.414. The molecule has 0 aromatic carbocycles. The van der Waals surface area contributed by atoms with Crippen LogP contribution >= 0.6 is 0 Å². The number of hydrogen-bond acceptors (Lipinski definition) is 4. The maximum absolute atomic E-state index is 12.2. The molecule has 3 aliphatic heterocycles. The van der Waals surface area contributed by atoms with Crippen LogP contribution in [0.4, 0.5) is 4.79 Å². The molecule has 17 heavy (non-hydrogen) atoms. The molecule has 2 atom stereocenters. The summed E-state index contributed by atoms with van der Waals surface area (Å²) in [7, 11) is 0. The number of epoxide rings is 2. The van der Waals surface area contributed by atoms with Crippen molar-refractivity contribution in [3.8, 4) is 0 Å². The number of rotatable bonds is 4. The lowest BCUT2D eigenvalue weighted by molar-refractivity contribution is -0.883. The predicted octanol–water partition coefficient (Wildman–Crippen LogP) is -0.371. The van der Waals surface area contributed by atoms with Crippen LogP contribution in [-0.2, 0) is 14.3 Å². The molecule has 0 aliphatic carbocycles. The number of ether oxygens (including phenoxy) is 2. The highest BCUT2D eigenvalue weighted by atomic mass is 16.6. The van der Waals surface area contributed by atoms with Crippen molar-refractivity contribution >= 4 is 11.9 Å². The Morgan fingerprint density at radius 2 is 1.71 bits per heavy atom. The van der Waals surface area contributed by atoms with E-state index in [2.05, 4.69) is 5.32 Å². The summed E-state index contributed by atoms with van der Waals surface area (Å²) in [5.41, 5.74) is -0.741. The fraction of sp³-hybridized carbons (Fsp3) is 0.818. The minimum atomic E-state index is -0.741. The Balaban J connectivity index is 1.93. The Bertz CT molecular complexity index is 371. The van der Waals surface area contributed by atoms with Gasteiger partial charge in [-0.1, -0.05) is 0 Å². The van der Waals surface area contributed by atoms with Gasteiger partial charge >= 0.3 is 6.03 Å². The van der Waals surface area contributed by atoms with Crippen LogP contribution in [-0.4, -0.2) is 60.5 Å². The van der Waals surface area contributed by atoms with Gasteiger partial charge in [-0.25, -0.2) is 14.6 Å². The average Bonchev–Trinajstić information content (AvgIpc) is 3.08. The van der Waals surface area contributed by atoms with Crippen molar-refractivity contribution in [3.05, 3.63) is 0 Å². The number of urea groups is 1. The Morgan fingerprint density at radius 3 is 2.00 bits per heavy atom. The molecule has 3 heterocycles. The second-order valence-corrected chi connectivity index (χ2v) is 5.56. The number of imide groups is 1. The van der Waals surface area contributed by atoms with Gasteiger partial charge in [0.15, 0.2) is 5.54 Å². The zero-order valence-corrected chi connectivity index (χ0v) is 10.1. The fourth-order valence-corrected chi connectivity index (χ4v) is 2.54. The summed E-state index contributed by atoms with van der Waals surface area (Å²) in [5, 5.41) is 2.45. The highest BCUT2D eigenvalue weighted by molar-refractivity contribution is 6.01. The molecular weight excluding hydrogens is 224 g/mol. The molecule has 3 fully saturated rings. The zero-order valence-electron chi connectivity index (χ0n) is 10.1. The smallest absolute Gasteiger partial charge is 0.367 e. The third kappa shape index (κ3) is 1.59. The summed E-state index contributed by atoms with van der Waals surface area (Å²) in [6, 6.07) is -0.217. The van der Waals surface area contributed by atoms with E-state index in [0.29, 0.717) is 26.3 Å². The number of nitrogens with one attached hydrogen (secondary N) is 1. The van der Waals surface area contributed by atoms with Crippen molar-refractivity contribution < 1.29 is 23.5 Å². The topological polar surface area (TPSA) is 71.2 Å². The van der Waals surface area contributed by atoms with Crippen molar-refractivity contribution in [2.75, 3.05) is 26.3 Å². The van der Waals surface area contributed by atoms with Gasteiger partial charge in [-0.3, -0.25) is 4.79 Å². The highest BCUT2D eigenvalue weighted by Crippen LogP contribution is 2.36. The number of amides is 3. The largest absolute Gasteiger partial charge is 0.424 e. The summed E-state index contributed by atoms with van der Waals surface area (Å²) < 4.78 is 10.6. The maximum Gasteiger partial charge on any atom is 0.424 e. The second kappa shape index (κ2) is 3.28. The Morgan fingerprint density at radius 1 is 1.24 bits per heavy atom. The Kier molecular flexibility index (Phi) is 2.14. The first-order valence-corrected chi connectivity index (χ1v) is 5.92. The summed E-state index contributed by atoms with van der Waals surface area (Å²) in [4.78, 5) is 24.1. The summed E-state index contributed by atoms with van der Waals surface area (Å²) >= 11 is 0. The van der Waals surface area contributed by atoms with E-state index in [1.165, 1.54) is 0 Å². The van der Waals surface area contributed by atoms with E-state index in [0.717, 1.165) is 0 Å². The molecule has 3 saturated heterocycles. The van der Waals surface area contributed by atoms with Crippen molar-refractivity contribution in [1.82, 2.24) is 5.32 Å². The van der Waals surface area contributed by atoms with Gasteiger partial charge in [0.1, 0.15) is 25.3 Å². The molecule has 0 bridgehead atoms. The summed E-state index contributed by atoms with van der Waals surface area (Å²) in [6.07, 6.45) is 0.203. The monoisotopic (exact) mass is 241 g/mol. The van der Waals surface area contributed by atoms with Gasteiger partial charge in [-0.05, 0) is 0 Å². The predicted molar refractivity (Wildman–Crippen MR) is 57.1 cm³/mol. The number of hydrogen-bond donors (Lipinski definition) is 1. The minimum absolute atomic E-state index is 0.102. The lowest BCUT2D eigenvalue weighted by atomic mass is 9.99. The van der Waals surface area contributed by atoms with Gasteiger partial charge in [0, 0.05) is 13.8 Å². The first-order chi connectivity index (χ1) is 7.96. The number of carbonyl (C=O) groups is 2. The fourth-order valence-electron chi connectivity index (χ4n) is 2.54. The molecule has 0 saturated carbocycles. The standard InChI is InChI=1S/C11H16N2O4/c1-11(2)9(14)12-10(15)13(11,3-7-5-16-7)4-8-6-17-8/h7-8H,3-6H2,1-2H3/p+1. The normalized spacial score (nSPS) is 42.5. The molecule has 3 rings (SSSR count). The van der Waals surface area contributed by atoms with Crippen LogP contribution in [0.3, 0.4) is 0 Å². The molecule has 6 heteroatoms. The summed E-state index contributed by atoms with van der Waals surface area (Å²) in [6.45, 7) is 6.12. The molecule has 94 valence electrons. The number of nitrogens with zero attached hydrogens (tertiary/aromatic N) is 1. The maximum atomic E-state index is 12.2. The van der Waals surface area contributed by atoms with Gasteiger partial charge in [-0.2, -0.15) is 0 Å². The van der Waals surface area contributed by atoms with Gasteiger partial charge < -0.3 is 9.47 Å². The van der Waals surface area contributed by atoms with Crippen molar-refractivity contribution in [3.63, 3.8) is 0 Å². The SMILES string of the molecule is CC1(C)C(=O)NC(=O)[N+]1(CC1CO1)CC1CO1. The summed E-state index contributed by atoms with van der Waals surface area (Å²) in [5.74, 6) is -0.205. The average molecular weight is 241 g/mol. The molecule has 0 aromatic rings. The van der Waals surface area contributed by atoms with Gasteiger partial charge in [-0.15, -0.1) is 0 Å². The molecule has 0 aromatic heterocycles. The minimum Gasteiger partial charge on any atom is -0.367 e. The lowest BCUT2D eigenvalue weighted by Crippen LogP contribution is -2.64. The lowest BCUT2D eigenvalue weighted by Gasteiger charge is -2.38. The van der Waals surface area contributed by atoms with E-state index in [1.54, 1.807) is 0 Å². The third-order valence-corrected chi connectivity index (χ3v) is 4.07. The van der Waals surface area contributed by atoms with Gasteiger partial charge in [0.25, 0.3) is 5.91 Å². The molecule has 2 unspecified atom stereocenters. The van der Waals surface area contributed by atoms with Crippen LogP contribution in [0.2, 0.25) is 0 Å². The van der Waals surface area contributed by atoms with Crippen molar-refractivity contribution in [2.24, 2.45) is 0 Å². The molecular formula is C11H17N2O4+. The van der Waals surface area contributed by atoms with Gasteiger partial charge in [0.05, 0.1) is 13.2 Å². The van der Waals surface area contributed by atoms with Crippen LogP contribution in [0.15, 0.2) is 0 Å². The first kappa shape index (κ1) is 11.1. The molecule has 0 spiro atoms. The van der Waals surface area contributed by atoms with Crippen molar-refractivity contribution in [2.45, 2.75) is 31.6 Å². The third-order valence-electron chi connectivity index (χ3n) is 4.07. The van der Waals surface area contributed by atoms with E-state index in [9.17, 15) is 9.59 Å². The second-order valence-electron chi connectivity index (χ2n) is 5.56. The number of carbonyl (C=O) groups excluding carboxylic acids is 2. The first-order valence-electron chi connectivity index (χ1n) is 5.92. The molecule has 0 radical (unpaired) electrons. The van der Waals surface area contributed by atoms with Crippen LogP contribution in [0.25, 0.3) is 0 Å². The molecule has 3 amide bonds. The van der Waals surface area contributed by atoms with E-state index >= 15 is 0 Å². The Hall–Kier alpha value is -0.980. The van der Waals surface area contributed by atoms with Crippen LogP contribution in [0.1, 0.15) is 13.8 Å². The molecule has 3 aliphatic rings.